The number of nitrogens with zero attached hydrogens (tertiary/aromatic N) is 2. The van der Waals surface area contributed by atoms with E-state index < -0.39 is 0 Å². The first-order valence-corrected chi connectivity index (χ1v) is 9.56. The zero-order chi connectivity index (χ0) is 17.0. The van der Waals surface area contributed by atoms with E-state index in [1.54, 1.807) is 11.3 Å². The summed E-state index contributed by atoms with van der Waals surface area (Å²) in [5, 5.41) is 3.17. The van der Waals surface area contributed by atoms with Crippen LogP contribution in [0.3, 0.4) is 0 Å². The first-order chi connectivity index (χ1) is 12.2. The Morgan fingerprint density at radius 3 is 2.72 bits per heavy atom. The molecule has 0 N–H and O–H groups in total. The molecule has 0 unspecified atom stereocenters. The quantitative estimate of drug-likeness (QED) is 0.678. The highest BCUT2D eigenvalue weighted by Gasteiger charge is 2.32. The van der Waals surface area contributed by atoms with Crippen LogP contribution in [0.2, 0.25) is 0 Å². The molecule has 3 heterocycles. The highest BCUT2D eigenvalue weighted by molar-refractivity contribution is 7.13. The van der Waals surface area contributed by atoms with E-state index in [9.17, 15) is 4.79 Å². The third-order valence-electron chi connectivity index (χ3n) is 5.11. The number of hydrogen-bond acceptors (Lipinski definition) is 3. The Labute approximate surface area is 151 Å². The van der Waals surface area contributed by atoms with Gasteiger partial charge in [0.2, 0.25) is 5.91 Å². The molecule has 0 aliphatic carbocycles. The Morgan fingerprint density at radius 1 is 1.08 bits per heavy atom. The largest absolute Gasteiger partial charge is 0.312 e. The predicted molar refractivity (Wildman–Crippen MR) is 102 cm³/mol. The minimum absolute atomic E-state index is 0.242. The van der Waals surface area contributed by atoms with Gasteiger partial charge >= 0.3 is 0 Å². The highest BCUT2D eigenvalue weighted by atomic mass is 32.1. The molecule has 25 heavy (non-hydrogen) atoms. The van der Waals surface area contributed by atoms with Crippen LogP contribution < -0.4 is 4.90 Å². The van der Waals surface area contributed by atoms with Crippen molar-refractivity contribution >= 4 is 22.9 Å². The molecule has 0 fully saturated rings. The summed E-state index contributed by atoms with van der Waals surface area (Å²) < 4.78 is 0. The van der Waals surface area contributed by atoms with E-state index in [0.29, 0.717) is 6.42 Å². The summed E-state index contributed by atoms with van der Waals surface area (Å²) in [6.07, 6.45) is 2.63. The molecule has 0 saturated heterocycles. The number of amides is 1. The van der Waals surface area contributed by atoms with Crippen molar-refractivity contribution in [3.8, 4) is 21.8 Å². The lowest BCUT2D eigenvalue weighted by Crippen LogP contribution is -2.31. The maximum atomic E-state index is 12.2. The monoisotopic (exact) mass is 346 g/mol. The van der Waals surface area contributed by atoms with Crippen molar-refractivity contribution in [3.63, 3.8) is 0 Å². The molecule has 1 amide bonds. The maximum Gasteiger partial charge on any atom is 0.231 e. The van der Waals surface area contributed by atoms with Crippen LogP contribution in [-0.4, -0.2) is 17.4 Å². The molecule has 2 aromatic carbocycles. The number of benzene rings is 2. The molecule has 5 rings (SSSR count). The van der Waals surface area contributed by atoms with E-state index in [4.69, 9.17) is 4.98 Å². The molecule has 0 atom stereocenters. The Morgan fingerprint density at radius 2 is 1.88 bits per heavy atom. The van der Waals surface area contributed by atoms with Gasteiger partial charge in [-0.3, -0.25) is 4.79 Å². The van der Waals surface area contributed by atoms with Gasteiger partial charge in [0.05, 0.1) is 17.8 Å². The second kappa shape index (κ2) is 5.53. The highest BCUT2D eigenvalue weighted by Crippen LogP contribution is 2.40. The van der Waals surface area contributed by atoms with Crippen LogP contribution in [0.25, 0.3) is 21.8 Å². The summed E-state index contributed by atoms with van der Waals surface area (Å²) in [7, 11) is 0. The number of thiazole rings is 1. The average Bonchev–Trinajstić information content (AvgIpc) is 3.23. The molecule has 124 valence electrons. The van der Waals surface area contributed by atoms with Crippen molar-refractivity contribution in [3.05, 3.63) is 58.5 Å². The maximum absolute atomic E-state index is 12.2. The molecule has 3 aromatic rings. The predicted octanol–water partition coefficient (Wildman–Crippen LogP) is 4.62. The fourth-order valence-electron chi connectivity index (χ4n) is 3.86. The zero-order valence-electron chi connectivity index (χ0n) is 14.1. The molecule has 0 spiro atoms. The molecule has 4 heteroatoms. The Bertz CT molecular complexity index is 988. The van der Waals surface area contributed by atoms with Crippen molar-refractivity contribution in [1.82, 2.24) is 4.98 Å². The van der Waals surface area contributed by atoms with Crippen LogP contribution in [0.1, 0.15) is 23.1 Å². The van der Waals surface area contributed by atoms with Crippen LogP contribution in [0.4, 0.5) is 5.69 Å². The summed E-state index contributed by atoms with van der Waals surface area (Å²) in [6, 6.07) is 12.9. The molecule has 2 aliphatic heterocycles. The standard InChI is InChI=1S/C21H18N2OS/c1-13-4-6-14(7-5-13)21-22-18(12-25-21)16-9-15-3-2-8-23-19(24)11-17(10-16)20(15)23/h4-7,9-10,12H,2-3,8,11H2,1H3. The van der Waals surface area contributed by atoms with Gasteiger partial charge in [0, 0.05) is 23.1 Å². The lowest BCUT2D eigenvalue weighted by molar-refractivity contribution is -0.117. The van der Waals surface area contributed by atoms with Gasteiger partial charge in [-0.15, -0.1) is 11.3 Å². The van der Waals surface area contributed by atoms with Gasteiger partial charge in [-0.2, -0.15) is 0 Å². The summed E-state index contributed by atoms with van der Waals surface area (Å²) >= 11 is 1.68. The van der Waals surface area contributed by atoms with E-state index in [0.717, 1.165) is 41.2 Å². The van der Waals surface area contributed by atoms with Gasteiger partial charge in [0.25, 0.3) is 0 Å². The SMILES string of the molecule is Cc1ccc(-c2nc(-c3cc4c5c(c3)CC(=O)N5CCC4)cs2)cc1. The van der Waals surface area contributed by atoms with Gasteiger partial charge in [-0.05, 0) is 43.0 Å². The number of aromatic nitrogens is 1. The topological polar surface area (TPSA) is 33.2 Å². The normalized spacial score (nSPS) is 15.6. The molecule has 1 aromatic heterocycles. The zero-order valence-corrected chi connectivity index (χ0v) is 14.9. The van der Waals surface area contributed by atoms with Gasteiger partial charge < -0.3 is 4.90 Å². The lowest BCUT2D eigenvalue weighted by atomic mass is 9.96. The summed E-state index contributed by atoms with van der Waals surface area (Å²) in [4.78, 5) is 19.1. The van der Waals surface area contributed by atoms with Crippen molar-refractivity contribution in [2.75, 3.05) is 11.4 Å². The van der Waals surface area contributed by atoms with Crippen LogP contribution in [0.5, 0.6) is 0 Å². The Balaban J connectivity index is 1.56. The third kappa shape index (κ3) is 2.40. The Hall–Kier alpha value is -2.46. The molecule has 3 nitrogen and oxygen atoms in total. The first-order valence-electron chi connectivity index (χ1n) is 8.68. The summed E-state index contributed by atoms with van der Waals surface area (Å²) in [5.74, 6) is 0.242. The minimum atomic E-state index is 0.242. The number of carbonyl (C=O) groups excluding carboxylic acids is 1. The molecule has 0 radical (unpaired) electrons. The van der Waals surface area contributed by atoms with E-state index in [-0.39, 0.29) is 5.91 Å². The van der Waals surface area contributed by atoms with Crippen LogP contribution >= 0.6 is 11.3 Å². The Kier molecular flexibility index (Phi) is 3.28. The molecular formula is C21H18N2OS. The smallest absolute Gasteiger partial charge is 0.231 e. The second-order valence-corrected chi connectivity index (χ2v) is 7.73. The fraction of sp³-hybridized carbons (Fsp3) is 0.238. The van der Waals surface area contributed by atoms with Gasteiger partial charge in [0.1, 0.15) is 5.01 Å². The van der Waals surface area contributed by atoms with Crippen molar-refractivity contribution < 1.29 is 4.79 Å². The van der Waals surface area contributed by atoms with E-state index >= 15 is 0 Å². The van der Waals surface area contributed by atoms with Crippen LogP contribution in [-0.2, 0) is 17.6 Å². The minimum Gasteiger partial charge on any atom is -0.312 e. The number of aryl methyl sites for hydroxylation is 2. The summed E-state index contributed by atoms with van der Waals surface area (Å²) in [6.45, 7) is 2.96. The van der Waals surface area contributed by atoms with Crippen LogP contribution in [0, 0.1) is 6.92 Å². The van der Waals surface area contributed by atoms with Gasteiger partial charge in [-0.25, -0.2) is 4.98 Å². The van der Waals surface area contributed by atoms with Crippen LogP contribution in [0.15, 0.2) is 41.8 Å². The lowest BCUT2D eigenvalue weighted by Gasteiger charge is -2.25. The fourth-order valence-corrected chi connectivity index (χ4v) is 4.70. The molecule has 0 bridgehead atoms. The summed E-state index contributed by atoms with van der Waals surface area (Å²) in [5.41, 5.74) is 8.21. The van der Waals surface area contributed by atoms with E-state index in [2.05, 4.69) is 48.7 Å². The van der Waals surface area contributed by atoms with Crippen molar-refractivity contribution in [1.29, 1.82) is 0 Å². The van der Waals surface area contributed by atoms with Gasteiger partial charge in [0.15, 0.2) is 0 Å². The number of carbonyl (C=O) groups is 1. The second-order valence-electron chi connectivity index (χ2n) is 6.87. The third-order valence-corrected chi connectivity index (χ3v) is 6.00. The molecule has 2 aliphatic rings. The number of hydrogen-bond donors (Lipinski definition) is 0. The molecular weight excluding hydrogens is 328 g/mol. The van der Waals surface area contributed by atoms with E-state index in [1.807, 2.05) is 4.90 Å². The van der Waals surface area contributed by atoms with Crippen molar-refractivity contribution in [2.24, 2.45) is 0 Å². The first kappa shape index (κ1) is 14.8. The number of rotatable bonds is 2. The van der Waals surface area contributed by atoms with Crippen molar-refractivity contribution in [2.45, 2.75) is 26.2 Å². The van der Waals surface area contributed by atoms with Gasteiger partial charge in [-0.1, -0.05) is 29.8 Å². The van der Waals surface area contributed by atoms with E-state index in [1.165, 1.54) is 22.4 Å². The number of anilines is 1. The average molecular weight is 346 g/mol. The molecule has 0 saturated carbocycles.